The average molecular weight is 477 g/mol. The van der Waals surface area contributed by atoms with Crippen molar-refractivity contribution in [3.8, 4) is 11.3 Å². The molecule has 1 N–H and O–H groups in total. The van der Waals surface area contributed by atoms with Gasteiger partial charge in [0.2, 0.25) is 5.91 Å². The second kappa shape index (κ2) is 7.97. The van der Waals surface area contributed by atoms with E-state index >= 15 is 0 Å². The van der Waals surface area contributed by atoms with Gasteiger partial charge in [0.1, 0.15) is 6.54 Å². The van der Waals surface area contributed by atoms with Crippen molar-refractivity contribution in [3.63, 3.8) is 0 Å². The second-order valence-electron chi connectivity index (χ2n) is 5.75. The van der Waals surface area contributed by atoms with Gasteiger partial charge in [0.25, 0.3) is 5.56 Å². The number of aryl methyl sites for hydroxylation is 1. The molecule has 0 spiro atoms. The third-order valence-corrected chi connectivity index (χ3v) is 4.88. The monoisotopic (exact) mass is 475 g/mol. The van der Waals surface area contributed by atoms with Gasteiger partial charge in [-0.2, -0.15) is 5.10 Å². The van der Waals surface area contributed by atoms with E-state index < -0.39 is 0 Å². The van der Waals surface area contributed by atoms with Crippen molar-refractivity contribution in [3.05, 3.63) is 79.5 Å². The molecule has 3 aromatic rings. The third-order valence-electron chi connectivity index (χ3n) is 3.70. The van der Waals surface area contributed by atoms with E-state index in [4.69, 9.17) is 0 Å². The Kier molecular flexibility index (Phi) is 5.68. The van der Waals surface area contributed by atoms with E-state index in [0.29, 0.717) is 11.4 Å². The largest absolute Gasteiger partial charge is 0.323 e. The molecular formula is C19H15Br2N3O2. The molecule has 1 aromatic heterocycles. The molecule has 0 aliphatic carbocycles. The highest BCUT2D eigenvalue weighted by Crippen LogP contribution is 2.23. The lowest BCUT2D eigenvalue weighted by molar-refractivity contribution is -0.117. The van der Waals surface area contributed by atoms with Crippen molar-refractivity contribution in [2.24, 2.45) is 0 Å². The van der Waals surface area contributed by atoms with Crippen LogP contribution in [-0.4, -0.2) is 15.7 Å². The Morgan fingerprint density at radius 3 is 2.50 bits per heavy atom. The van der Waals surface area contributed by atoms with Gasteiger partial charge in [-0.05, 0) is 58.7 Å². The normalized spacial score (nSPS) is 10.6. The first-order chi connectivity index (χ1) is 12.4. The summed E-state index contributed by atoms with van der Waals surface area (Å²) in [6.45, 7) is 1.80. The summed E-state index contributed by atoms with van der Waals surface area (Å²) in [5.41, 5.74) is 2.89. The van der Waals surface area contributed by atoms with Gasteiger partial charge in [0.05, 0.1) is 11.4 Å². The van der Waals surface area contributed by atoms with Gasteiger partial charge in [-0.15, -0.1) is 0 Å². The maximum atomic E-state index is 12.3. The van der Waals surface area contributed by atoms with Crippen LogP contribution in [0.15, 0.2) is 68.3 Å². The van der Waals surface area contributed by atoms with Crippen molar-refractivity contribution in [1.29, 1.82) is 0 Å². The molecule has 132 valence electrons. The van der Waals surface area contributed by atoms with E-state index in [2.05, 4.69) is 42.3 Å². The van der Waals surface area contributed by atoms with Gasteiger partial charge in [-0.3, -0.25) is 9.59 Å². The topological polar surface area (TPSA) is 64.0 Å². The number of hydrogen-bond acceptors (Lipinski definition) is 3. The summed E-state index contributed by atoms with van der Waals surface area (Å²) in [4.78, 5) is 24.4. The van der Waals surface area contributed by atoms with Crippen LogP contribution in [0, 0.1) is 6.92 Å². The summed E-state index contributed by atoms with van der Waals surface area (Å²) >= 11 is 6.81. The van der Waals surface area contributed by atoms with Gasteiger partial charge >= 0.3 is 0 Å². The Hall–Kier alpha value is -2.25. The van der Waals surface area contributed by atoms with Gasteiger partial charge in [-0.25, -0.2) is 4.68 Å². The molecule has 0 aliphatic rings. The van der Waals surface area contributed by atoms with Crippen LogP contribution in [0.25, 0.3) is 11.3 Å². The number of nitrogens with zero attached hydrogens (tertiary/aromatic N) is 2. The smallest absolute Gasteiger partial charge is 0.267 e. The van der Waals surface area contributed by atoms with Crippen LogP contribution in [0.2, 0.25) is 0 Å². The zero-order valence-electron chi connectivity index (χ0n) is 13.9. The SMILES string of the molecule is Cc1ccc(NC(=O)Cn2nc(-c3ccc(Br)cc3)ccc2=O)c(Br)c1. The lowest BCUT2D eigenvalue weighted by Crippen LogP contribution is -2.29. The zero-order valence-corrected chi connectivity index (χ0v) is 17.0. The van der Waals surface area contributed by atoms with Crippen molar-refractivity contribution >= 4 is 43.5 Å². The number of anilines is 1. The van der Waals surface area contributed by atoms with Crippen molar-refractivity contribution in [2.45, 2.75) is 13.5 Å². The van der Waals surface area contributed by atoms with Gasteiger partial charge in [-0.1, -0.05) is 34.1 Å². The first-order valence-corrected chi connectivity index (χ1v) is 9.41. The molecule has 26 heavy (non-hydrogen) atoms. The minimum atomic E-state index is -0.330. The van der Waals surface area contributed by atoms with E-state index in [0.717, 1.165) is 24.8 Å². The number of benzene rings is 2. The minimum absolute atomic E-state index is 0.163. The Balaban J connectivity index is 1.80. The molecule has 0 fully saturated rings. The highest BCUT2D eigenvalue weighted by molar-refractivity contribution is 9.10. The Morgan fingerprint density at radius 2 is 1.81 bits per heavy atom. The number of hydrogen-bond donors (Lipinski definition) is 1. The fourth-order valence-corrected chi connectivity index (χ4v) is 3.24. The van der Waals surface area contributed by atoms with Gasteiger partial charge in [0, 0.05) is 20.6 Å². The van der Waals surface area contributed by atoms with E-state index in [1.165, 1.54) is 6.07 Å². The summed E-state index contributed by atoms with van der Waals surface area (Å²) in [5, 5.41) is 7.09. The molecule has 2 aromatic carbocycles. The van der Waals surface area contributed by atoms with Crippen molar-refractivity contribution in [1.82, 2.24) is 9.78 Å². The highest BCUT2D eigenvalue weighted by atomic mass is 79.9. The quantitative estimate of drug-likeness (QED) is 0.607. The molecule has 0 atom stereocenters. The number of carbonyl (C=O) groups excluding carboxylic acids is 1. The summed E-state index contributed by atoms with van der Waals surface area (Å²) in [7, 11) is 0. The molecule has 0 bridgehead atoms. The molecule has 0 saturated carbocycles. The molecule has 1 heterocycles. The molecule has 0 saturated heterocycles. The van der Waals surface area contributed by atoms with Crippen LogP contribution in [0.5, 0.6) is 0 Å². The average Bonchev–Trinajstić information content (AvgIpc) is 2.60. The molecule has 0 unspecified atom stereocenters. The minimum Gasteiger partial charge on any atom is -0.323 e. The van der Waals surface area contributed by atoms with Crippen LogP contribution in [0.4, 0.5) is 5.69 Å². The summed E-state index contributed by atoms with van der Waals surface area (Å²) < 4.78 is 2.90. The molecule has 1 amide bonds. The van der Waals surface area contributed by atoms with E-state index in [1.54, 1.807) is 6.07 Å². The van der Waals surface area contributed by atoms with Crippen LogP contribution in [0.3, 0.4) is 0 Å². The zero-order chi connectivity index (χ0) is 18.7. The molecular weight excluding hydrogens is 462 g/mol. The van der Waals surface area contributed by atoms with Crippen LogP contribution in [-0.2, 0) is 11.3 Å². The standard InChI is InChI=1S/C19H15Br2N3O2/c1-12-2-7-17(15(21)10-12)22-18(25)11-24-19(26)9-8-16(23-24)13-3-5-14(20)6-4-13/h2-10H,11H2,1H3,(H,22,25). The number of rotatable bonds is 4. The Labute approximate surface area is 167 Å². The van der Waals surface area contributed by atoms with Crippen LogP contribution >= 0.6 is 31.9 Å². The Morgan fingerprint density at radius 1 is 1.08 bits per heavy atom. The number of nitrogens with one attached hydrogen (secondary N) is 1. The predicted molar refractivity (Wildman–Crippen MR) is 109 cm³/mol. The number of amides is 1. The second-order valence-corrected chi connectivity index (χ2v) is 7.52. The van der Waals surface area contributed by atoms with E-state index in [-0.39, 0.29) is 18.0 Å². The van der Waals surface area contributed by atoms with Crippen molar-refractivity contribution < 1.29 is 4.79 Å². The molecule has 5 nitrogen and oxygen atoms in total. The van der Waals surface area contributed by atoms with Gasteiger partial charge < -0.3 is 5.32 Å². The lowest BCUT2D eigenvalue weighted by atomic mass is 10.1. The van der Waals surface area contributed by atoms with Crippen LogP contribution in [0.1, 0.15) is 5.56 Å². The van der Waals surface area contributed by atoms with Crippen LogP contribution < -0.4 is 10.9 Å². The first kappa shape index (κ1) is 18.5. The Bertz CT molecular complexity index is 1010. The number of aromatic nitrogens is 2. The number of carbonyl (C=O) groups is 1. The summed E-state index contributed by atoms with van der Waals surface area (Å²) in [5.74, 6) is -0.322. The number of halogens is 2. The maximum Gasteiger partial charge on any atom is 0.267 e. The van der Waals surface area contributed by atoms with E-state index in [1.807, 2.05) is 49.4 Å². The predicted octanol–water partition coefficient (Wildman–Crippen LogP) is 4.38. The third kappa shape index (κ3) is 4.47. The molecule has 7 heteroatoms. The molecule has 0 radical (unpaired) electrons. The lowest BCUT2D eigenvalue weighted by Gasteiger charge is -2.10. The van der Waals surface area contributed by atoms with Crippen molar-refractivity contribution in [2.75, 3.05) is 5.32 Å². The van der Waals surface area contributed by atoms with Gasteiger partial charge in [0.15, 0.2) is 0 Å². The first-order valence-electron chi connectivity index (χ1n) is 7.82. The summed E-state index contributed by atoms with van der Waals surface area (Å²) in [6, 6.07) is 16.3. The fourth-order valence-electron chi connectivity index (χ4n) is 2.38. The highest BCUT2D eigenvalue weighted by Gasteiger charge is 2.10. The molecule has 3 rings (SSSR count). The summed E-state index contributed by atoms with van der Waals surface area (Å²) in [6.07, 6.45) is 0. The molecule has 0 aliphatic heterocycles. The maximum absolute atomic E-state index is 12.3. The fraction of sp³-hybridized carbons (Fsp3) is 0.105. The van der Waals surface area contributed by atoms with E-state index in [9.17, 15) is 9.59 Å².